The molecule has 2 rings (SSSR count). The Hall–Kier alpha value is -1.85. The monoisotopic (exact) mass is 337 g/mol. The van der Waals surface area contributed by atoms with Crippen molar-refractivity contribution in [3.8, 4) is 0 Å². The zero-order chi connectivity index (χ0) is 16.2. The predicted octanol–water partition coefficient (Wildman–Crippen LogP) is 3.21. The van der Waals surface area contributed by atoms with Crippen LogP contribution in [0.15, 0.2) is 59.5 Å². The Kier molecular flexibility index (Phi) is 5.21. The van der Waals surface area contributed by atoms with Crippen molar-refractivity contribution in [2.24, 2.45) is 0 Å². The van der Waals surface area contributed by atoms with Crippen LogP contribution in [-0.2, 0) is 21.2 Å². The molecule has 22 heavy (non-hydrogen) atoms. The van der Waals surface area contributed by atoms with Gasteiger partial charge >= 0.3 is 0 Å². The van der Waals surface area contributed by atoms with Gasteiger partial charge in [-0.1, -0.05) is 30.3 Å². The Labute approximate surface area is 135 Å². The molecule has 0 N–H and O–H groups in total. The van der Waals surface area contributed by atoms with Crippen LogP contribution in [0.5, 0.6) is 0 Å². The summed E-state index contributed by atoms with van der Waals surface area (Å²) in [6.45, 7) is 0. The number of rotatable bonds is 6. The first-order chi connectivity index (χ1) is 10.4. The molecule has 0 radical (unpaired) electrons. The topological polar surface area (TPSA) is 54.5 Å². The van der Waals surface area contributed by atoms with Gasteiger partial charge in [-0.05, 0) is 47.9 Å². The summed E-state index contributed by atoms with van der Waals surface area (Å²) in [5, 5.41) is -0.402. The van der Waals surface area contributed by atoms with Gasteiger partial charge in [0.05, 0.1) is 10.6 Å². The van der Waals surface area contributed by atoms with E-state index >= 15 is 0 Å². The molecule has 116 valence electrons. The van der Waals surface area contributed by atoms with Gasteiger partial charge in [0.25, 0.3) is 10.0 Å². The number of carbonyl (C=O) groups excluding carboxylic acids is 1. The summed E-state index contributed by atoms with van der Waals surface area (Å²) in [6, 6.07) is 15.4. The minimum Gasteiger partial charge on any atom is -0.281 e. The van der Waals surface area contributed by atoms with Gasteiger partial charge in [0, 0.05) is 13.5 Å². The minimum absolute atomic E-state index is 0.208. The van der Waals surface area contributed by atoms with Crippen LogP contribution in [-0.4, -0.2) is 20.7 Å². The molecule has 2 aromatic carbocycles. The Bertz CT molecular complexity index is 743. The van der Waals surface area contributed by atoms with Gasteiger partial charge in [0.2, 0.25) is 5.24 Å². The highest BCUT2D eigenvalue weighted by Crippen LogP contribution is 2.22. The van der Waals surface area contributed by atoms with E-state index in [2.05, 4.69) is 0 Å². The normalized spacial score (nSPS) is 11.2. The number of aryl methyl sites for hydroxylation is 1. The summed E-state index contributed by atoms with van der Waals surface area (Å²) in [4.78, 5) is 11.0. The van der Waals surface area contributed by atoms with E-state index < -0.39 is 15.3 Å². The highest BCUT2D eigenvalue weighted by molar-refractivity contribution is 7.92. The van der Waals surface area contributed by atoms with Crippen LogP contribution < -0.4 is 4.31 Å². The summed E-state index contributed by atoms with van der Waals surface area (Å²) in [7, 11) is -2.08. The van der Waals surface area contributed by atoms with Crippen LogP contribution in [0.1, 0.15) is 12.0 Å². The van der Waals surface area contributed by atoms with E-state index in [9.17, 15) is 13.2 Å². The number of nitrogens with zero attached hydrogens (tertiary/aromatic N) is 1. The molecule has 0 saturated heterocycles. The summed E-state index contributed by atoms with van der Waals surface area (Å²) < 4.78 is 26.4. The quantitative estimate of drug-likeness (QED) is 0.760. The summed E-state index contributed by atoms with van der Waals surface area (Å²) in [6.07, 6.45) is 0.731. The van der Waals surface area contributed by atoms with E-state index in [0.29, 0.717) is 12.1 Å². The van der Waals surface area contributed by atoms with Gasteiger partial charge < -0.3 is 0 Å². The van der Waals surface area contributed by atoms with Crippen LogP contribution in [0.3, 0.4) is 0 Å². The number of hydrogen-bond donors (Lipinski definition) is 0. The van der Waals surface area contributed by atoms with Crippen molar-refractivity contribution in [3.63, 3.8) is 0 Å². The fraction of sp³-hybridized carbons (Fsp3) is 0.188. The number of anilines is 1. The SMILES string of the molecule is CN(c1ccccc1)S(=O)(=O)c1ccc(CCC(=O)Cl)cc1. The third-order valence-electron chi connectivity index (χ3n) is 3.31. The molecule has 0 aliphatic carbocycles. The Morgan fingerprint density at radius 1 is 1.05 bits per heavy atom. The Balaban J connectivity index is 2.21. The molecule has 0 heterocycles. The van der Waals surface area contributed by atoms with Crippen molar-refractivity contribution in [1.82, 2.24) is 0 Å². The standard InChI is InChI=1S/C16H16ClNO3S/c1-18(14-5-3-2-4-6-14)22(20,21)15-10-7-13(8-11-15)9-12-16(17)19/h2-8,10-11H,9,12H2,1H3. The largest absolute Gasteiger partial charge is 0.281 e. The van der Waals surface area contributed by atoms with Crippen LogP contribution in [0.4, 0.5) is 5.69 Å². The molecule has 0 aromatic heterocycles. The molecule has 0 bridgehead atoms. The maximum absolute atomic E-state index is 12.6. The maximum Gasteiger partial charge on any atom is 0.264 e. The molecule has 0 aliphatic heterocycles. The fourth-order valence-corrected chi connectivity index (χ4v) is 3.30. The van der Waals surface area contributed by atoms with Gasteiger partial charge in [-0.2, -0.15) is 0 Å². The summed E-state index contributed by atoms with van der Waals surface area (Å²) >= 11 is 5.30. The van der Waals surface area contributed by atoms with Crippen molar-refractivity contribution in [1.29, 1.82) is 0 Å². The van der Waals surface area contributed by atoms with Crippen molar-refractivity contribution < 1.29 is 13.2 Å². The first kappa shape index (κ1) is 16.5. The van der Waals surface area contributed by atoms with E-state index in [4.69, 9.17) is 11.6 Å². The van der Waals surface area contributed by atoms with Crippen LogP contribution in [0.2, 0.25) is 0 Å². The average molecular weight is 338 g/mol. The lowest BCUT2D eigenvalue weighted by Gasteiger charge is -2.19. The molecule has 6 heteroatoms. The number of carbonyl (C=O) groups is 1. The molecule has 0 unspecified atom stereocenters. The third-order valence-corrected chi connectivity index (χ3v) is 5.30. The lowest BCUT2D eigenvalue weighted by molar-refractivity contribution is -0.111. The average Bonchev–Trinajstić information content (AvgIpc) is 2.53. The van der Waals surface area contributed by atoms with Crippen LogP contribution >= 0.6 is 11.6 Å². The first-order valence-corrected chi connectivity index (χ1v) is 8.54. The van der Waals surface area contributed by atoms with Crippen molar-refractivity contribution in [2.45, 2.75) is 17.7 Å². The smallest absolute Gasteiger partial charge is 0.264 e. The fourth-order valence-electron chi connectivity index (χ4n) is 2.01. The number of sulfonamides is 1. The number of para-hydroxylation sites is 1. The van der Waals surface area contributed by atoms with Gasteiger partial charge in [0.1, 0.15) is 0 Å². The first-order valence-electron chi connectivity index (χ1n) is 6.72. The summed E-state index contributed by atoms with van der Waals surface area (Å²) in [5.74, 6) is 0. The molecule has 0 spiro atoms. The molecule has 0 saturated carbocycles. The van der Waals surface area contributed by atoms with Gasteiger partial charge in [-0.3, -0.25) is 9.10 Å². The van der Waals surface area contributed by atoms with Crippen molar-refractivity contribution in [2.75, 3.05) is 11.4 Å². The highest BCUT2D eigenvalue weighted by Gasteiger charge is 2.20. The van der Waals surface area contributed by atoms with E-state index in [1.54, 1.807) is 48.5 Å². The molecule has 0 amide bonds. The molecule has 2 aromatic rings. The summed E-state index contributed by atoms with van der Waals surface area (Å²) in [5.41, 5.74) is 1.47. The zero-order valence-electron chi connectivity index (χ0n) is 12.1. The van der Waals surface area contributed by atoms with Crippen LogP contribution in [0.25, 0.3) is 0 Å². The highest BCUT2D eigenvalue weighted by atomic mass is 35.5. The second-order valence-corrected chi connectivity index (χ2v) is 7.20. The van der Waals surface area contributed by atoms with Gasteiger partial charge in [0.15, 0.2) is 0 Å². The number of halogens is 1. The molecular weight excluding hydrogens is 322 g/mol. The number of benzene rings is 2. The predicted molar refractivity (Wildman–Crippen MR) is 87.7 cm³/mol. The number of hydrogen-bond acceptors (Lipinski definition) is 3. The van der Waals surface area contributed by atoms with E-state index in [0.717, 1.165) is 5.56 Å². The Morgan fingerprint density at radius 2 is 1.64 bits per heavy atom. The van der Waals surface area contributed by atoms with Crippen molar-refractivity contribution in [3.05, 3.63) is 60.2 Å². The van der Waals surface area contributed by atoms with Gasteiger partial charge in [-0.15, -0.1) is 0 Å². The lowest BCUT2D eigenvalue weighted by Crippen LogP contribution is -2.26. The molecule has 0 atom stereocenters. The second-order valence-electron chi connectivity index (χ2n) is 4.81. The molecule has 0 fully saturated rings. The Morgan fingerprint density at radius 3 is 2.18 bits per heavy atom. The lowest BCUT2D eigenvalue weighted by atomic mass is 10.1. The van der Waals surface area contributed by atoms with Crippen LogP contribution in [0, 0.1) is 0 Å². The van der Waals surface area contributed by atoms with Crippen molar-refractivity contribution >= 4 is 32.6 Å². The van der Waals surface area contributed by atoms with E-state index in [-0.39, 0.29) is 11.3 Å². The van der Waals surface area contributed by atoms with E-state index in [1.165, 1.54) is 11.4 Å². The second kappa shape index (κ2) is 6.94. The zero-order valence-corrected chi connectivity index (χ0v) is 13.6. The van der Waals surface area contributed by atoms with Gasteiger partial charge in [-0.25, -0.2) is 8.42 Å². The minimum atomic E-state index is -3.60. The molecule has 0 aliphatic rings. The molecule has 4 nitrogen and oxygen atoms in total. The molecular formula is C16H16ClNO3S. The third kappa shape index (κ3) is 3.87. The maximum atomic E-state index is 12.6. The van der Waals surface area contributed by atoms with E-state index in [1.807, 2.05) is 6.07 Å².